The molecule has 3 aromatic heterocycles. The number of rotatable bonds is 18. The van der Waals surface area contributed by atoms with E-state index < -0.39 is 0 Å². The Morgan fingerprint density at radius 3 is 1.43 bits per heavy atom. The van der Waals surface area contributed by atoms with Crippen molar-refractivity contribution in [2.24, 2.45) is 0 Å². The second kappa shape index (κ2) is 17.6. The normalized spacial score (nSPS) is 12.0. The standard InChI is InChI=1S/C42H53N3O/c1-4-7-9-11-25-43-27-21-35(22-28-43)13-15-37-17-19-39-40-20-18-38(34-42(40)45(41(39)33-37)31-32-46-6-3)16-14-36-23-29-44(30-24-36)26-12-10-8-5-2/h13-24,27-30,33-34H,4-12,25-26,31-32H2,1-3H3/q+2. The molecule has 0 spiro atoms. The second-order valence-electron chi connectivity index (χ2n) is 12.4. The Morgan fingerprint density at radius 2 is 1.00 bits per heavy atom. The molecule has 4 nitrogen and oxygen atoms in total. The lowest BCUT2D eigenvalue weighted by Crippen LogP contribution is -2.32. The van der Waals surface area contributed by atoms with Gasteiger partial charge >= 0.3 is 0 Å². The van der Waals surface area contributed by atoms with E-state index in [-0.39, 0.29) is 0 Å². The number of aromatic nitrogens is 3. The Hall–Kier alpha value is -4.02. The molecule has 0 aliphatic carbocycles. The van der Waals surface area contributed by atoms with Crippen LogP contribution in [0.1, 0.15) is 94.4 Å². The van der Waals surface area contributed by atoms with Crippen molar-refractivity contribution in [3.8, 4) is 0 Å². The lowest BCUT2D eigenvalue weighted by Gasteiger charge is -2.08. The summed E-state index contributed by atoms with van der Waals surface area (Å²) in [5.74, 6) is 0. The SMILES string of the molecule is CCCCCC[n+]1ccc(/C=C/c2ccc3c4ccc(/C=C/c5cc[n+](CCCCCC)cc5)cc4n(CCOCC)c3c2)cc1. The Morgan fingerprint density at radius 1 is 0.543 bits per heavy atom. The average Bonchev–Trinajstić information content (AvgIpc) is 3.40. The van der Waals surface area contributed by atoms with E-state index in [4.69, 9.17) is 4.74 Å². The van der Waals surface area contributed by atoms with Crippen molar-refractivity contribution >= 4 is 46.1 Å². The summed E-state index contributed by atoms with van der Waals surface area (Å²) in [7, 11) is 0. The molecule has 0 unspecified atom stereocenters. The van der Waals surface area contributed by atoms with Gasteiger partial charge in [0.25, 0.3) is 0 Å². The van der Waals surface area contributed by atoms with Crippen LogP contribution in [-0.2, 0) is 24.4 Å². The fourth-order valence-electron chi connectivity index (χ4n) is 6.16. The number of ether oxygens (including phenoxy) is 1. The average molecular weight is 616 g/mol. The third-order valence-corrected chi connectivity index (χ3v) is 8.89. The quantitative estimate of drug-likeness (QED) is 0.0710. The van der Waals surface area contributed by atoms with Gasteiger partial charge in [-0.15, -0.1) is 0 Å². The minimum absolute atomic E-state index is 0.695. The van der Waals surface area contributed by atoms with Crippen LogP contribution in [0.4, 0.5) is 0 Å². The molecular formula is C42H53N3O+2. The van der Waals surface area contributed by atoms with Gasteiger partial charge in [0.15, 0.2) is 24.8 Å². The van der Waals surface area contributed by atoms with Crippen LogP contribution >= 0.6 is 0 Å². The topological polar surface area (TPSA) is 21.9 Å². The van der Waals surface area contributed by atoms with Crippen LogP contribution in [0.25, 0.3) is 46.1 Å². The summed E-state index contributed by atoms with van der Waals surface area (Å²) in [5.41, 5.74) is 7.36. The molecule has 0 fully saturated rings. The summed E-state index contributed by atoms with van der Waals surface area (Å²) in [4.78, 5) is 0. The van der Waals surface area contributed by atoms with Crippen LogP contribution in [0, 0.1) is 0 Å². The summed E-state index contributed by atoms with van der Waals surface area (Å²) < 4.78 is 12.8. The number of benzene rings is 2. The number of hydrogen-bond donors (Lipinski definition) is 0. The Balaban J connectivity index is 1.34. The van der Waals surface area contributed by atoms with Crippen LogP contribution in [-0.4, -0.2) is 17.8 Å². The number of nitrogens with zero attached hydrogens (tertiary/aromatic N) is 3. The molecule has 0 saturated carbocycles. The Kier molecular flexibility index (Phi) is 12.8. The van der Waals surface area contributed by atoms with Gasteiger partial charge in [0, 0.05) is 72.1 Å². The molecule has 0 radical (unpaired) electrons. The summed E-state index contributed by atoms with van der Waals surface area (Å²) in [6.45, 7) is 11.0. The fourth-order valence-corrected chi connectivity index (χ4v) is 6.16. The maximum Gasteiger partial charge on any atom is 0.169 e. The van der Waals surface area contributed by atoms with E-state index in [9.17, 15) is 0 Å². The highest BCUT2D eigenvalue weighted by Crippen LogP contribution is 2.31. The van der Waals surface area contributed by atoms with Gasteiger partial charge in [0.2, 0.25) is 0 Å². The van der Waals surface area contributed by atoms with Gasteiger partial charge in [-0.2, -0.15) is 0 Å². The first-order chi connectivity index (χ1) is 22.7. The van der Waals surface area contributed by atoms with Gasteiger partial charge in [-0.25, -0.2) is 9.13 Å². The zero-order valence-electron chi connectivity index (χ0n) is 28.3. The molecule has 0 atom stereocenters. The molecule has 240 valence electrons. The number of unbranched alkanes of at least 4 members (excludes halogenated alkanes) is 6. The van der Waals surface area contributed by atoms with Gasteiger partial charge in [0.05, 0.1) is 6.61 Å². The first-order valence-corrected chi connectivity index (χ1v) is 17.7. The fraction of sp³-hybridized carbons (Fsp3) is 0.381. The first-order valence-electron chi connectivity index (χ1n) is 17.7. The third kappa shape index (κ3) is 9.26. The second-order valence-corrected chi connectivity index (χ2v) is 12.4. The van der Waals surface area contributed by atoms with Crippen molar-refractivity contribution in [3.05, 3.63) is 108 Å². The molecule has 5 aromatic rings. The number of pyridine rings is 2. The Labute approximate surface area is 276 Å². The largest absolute Gasteiger partial charge is 0.380 e. The molecule has 0 saturated heterocycles. The van der Waals surface area contributed by atoms with Crippen LogP contribution in [0.15, 0.2) is 85.5 Å². The smallest absolute Gasteiger partial charge is 0.169 e. The van der Waals surface area contributed by atoms with Crippen molar-refractivity contribution in [2.45, 2.75) is 91.8 Å². The van der Waals surface area contributed by atoms with Crippen molar-refractivity contribution < 1.29 is 13.9 Å². The number of aryl methyl sites for hydroxylation is 2. The van der Waals surface area contributed by atoms with Gasteiger partial charge in [0.1, 0.15) is 13.1 Å². The molecule has 0 aliphatic heterocycles. The minimum Gasteiger partial charge on any atom is -0.380 e. The zero-order chi connectivity index (χ0) is 32.0. The summed E-state index contributed by atoms with van der Waals surface area (Å²) in [6, 6.07) is 22.5. The van der Waals surface area contributed by atoms with Crippen molar-refractivity contribution in [1.82, 2.24) is 4.57 Å². The van der Waals surface area contributed by atoms with Crippen molar-refractivity contribution in [2.75, 3.05) is 13.2 Å². The molecule has 46 heavy (non-hydrogen) atoms. The summed E-state index contributed by atoms with van der Waals surface area (Å²) in [5, 5.41) is 2.57. The molecule has 3 heterocycles. The predicted octanol–water partition coefficient (Wildman–Crippen LogP) is 9.91. The van der Waals surface area contributed by atoms with E-state index >= 15 is 0 Å². The van der Waals surface area contributed by atoms with Gasteiger partial charge < -0.3 is 9.30 Å². The lowest BCUT2D eigenvalue weighted by molar-refractivity contribution is -0.697. The minimum atomic E-state index is 0.695. The van der Waals surface area contributed by atoms with Crippen molar-refractivity contribution in [3.63, 3.8) is 0 Å². The molecule has 0 N–H and O–H groups in total. The van der Waals surface area contributed by atoms with E-state index in [1.54, 1.807) is 0 Å². The molecule has 0 aliphatic rings. The summed E-state index contributed by atoms with van der Waals surface area (Å²) in [6.07, 6.45) is 28.0. The van der Waals surface area contributed by atoms with Crippen LogP contribution in [0.5, 0.6) is 0 Å². The highest BCUT2D eigenvalue weighted by Gasteiger charge is 2.12. The van der Waals surface area contributed by atoms with Gasteiger partial charge in [-0.05, 0) is 54.2 Å². The van der Waals surface area contributed by atoms with Crippen LogP contribution in [0.2, 0.25) is 0 Å². The van der Waals surface area contributed by atoms with Crippen molar-refractivity contribution in [1.29, 1.82) is 0 Å². The highest BCUT2D eigenvalue weighted by molar-refractivity contribution is 6.09. The molecular weight excluding hydrogens is 562 g/mol. The maximum atomic E-state index is 5.82. The number of hydrogen-bond acceptors (Lipinski definition) is 1. The maximum absolute atomic E-state index is 5.82. The van der Waals surface area contributed by atoms with E-state index in [0.29, 0.717) is 6.61 Å². The van der Waals surface area contributed by atoms with Crippen LogP contribution < -0.4 is 9.13 Å². The monoisotopic (exact) mass is 615 g/mol. The van der Waals surface area contributed by atoms with Gasteiger partial charge in [-0.1, -0.05) is 88.1 Å². The lowest BCUT2D eigenvalue weighted by atomic mass is 10.1. The predicted molar refractivity (Wildman–Crippen MR) is 195 cm³/mol. The van der Waals surface area contributed by atoms with E-state index in [2.05, 4.69) is 144 Å². The molecule has 0 amide bonds. The molecule has 5 rings (SSSR count). The van der Waals surface area contributed by atoms with E-state index in [1.807, 2.05) is 0 Å². The van der Waals surface area contributed by atoms with Crippen LogP contribution in [0.3, 0.4) is 0 Å². The first kappa shape index (κ1) is 33.3. The molecule has 0 bridgehead atoms. The molecule has 2 aromatic carbocycles. The highest BCUT2D eigenvalue weighted by atomic mass is 16.5. The summed E-state index contributed by atoms with van der Waals surface area (Å²) >= 11 is 0. The Bertz CT molecular complexity index is 1590. The number of fused-ring (bicyclic) bond motifs is 3. The zero-order valence-corrected chi connectivity index (χ0v) is 28.3. The van der Waals surface area contributed by atoms with E-state index in [0.717, 1.165) is 26.2 Å². The third-order valence-electron chi connectivity index (χ3n) is 8.89. The van der Waals surface area contributed by atoms with E-state index in [1.165, 1.54) is 95.4 Å². The van der Waals surface area contributed by atoms with Gasteiger partial charge in [-0.3, -0.25) is 0 Å². The molecule has 4 heteroatoms.